The second-order valence-corrected chi connectivity index (χ2v) is 5.28. The third-order valence-electron chi connectivity index (χ3n) is 3.21. The van der Waals surface area contributed by atoms with Crippen LogP contribution in [0.3, 0.4) is 0 Å². The average Bonchev–Trinajstić information content (AvgIpc) is 2.53. The molecule has 2 aromatic rings. The molecule has 0 amide bonds. The van der Waals surface area contributed by atoms with E-state index in [-0.39, 0.29) is 18.3 Å². The van der Waals surface area contributed by atoms with Crippen LogP contribution in [-0.2, 0) is 0 Å². The fourth-order valence-corrected chi connectivity index (χ4v) is 2.12. The van der Waals surface area contributed by atoms with Crippen molar-refractivity contribution in [3.05, 3.63) is 76.8 Å². The Morgan fingerprint density at radius 2 is 1.76 bits per heavy atom. The van der Waals surface area contributed by atoms with Crippen LogP contribution in [0.15, 0.2) is 60.7 Å². The van der Waals surface area contributed by atoms with Crippen LogP contribution < -0.4 is 0 Å². The minimum absolute atomic E-state index is 0.0374. The summed E-state index contributed by atoms with van der Waals surface area (Å²) in [7, 11) is 0. The third-order valence-corrected chi connectivity index (χ3v) is 3.46. The summed E-state index contributed by atoms with van der Waals surface area (Å²) in [6, 6.07) is 16.5. The fraction of sp³-hybridized carbons (Fsp3) is 0.167. The van der Waals surface area contributed by atoms with E-state index in [0.29, 0.717) is 17.0 Å². The highest BCUT2D eigenvalue weighted by molar-refractivity contribution is 6.30. The highest BCUT2D eigenvalue weighted by Gasteiger charge is 2.11. The maximum absolute atomic E-state index is 12.1. The molecule has 2 aromatic carbocycles. The quantitative estimate of drug-likeness (QED) is 0.810. The van der Waals surface area contributed by atoms with Gasteiger partial charge in [0.2, 0.25) is 0 Å². The molecule has 0 unspecified atom stereocenters. The summed E-state index contributed by atoms with van der Waals surface area (Å²) >= 11 is 5.83. The summed E-state index contributed by atoms with van der Waals surface area (Å²) in [6.07, 6.45) is 4.06. The molecule has 0 aromatic heterocycles. The number of hydrogen-bond acceptors (Lipinski definition) is 2. The molecule has 0 aliphatic carbocycles. The van der Waals surface area contributed by atoms with Crippen molar-refractivity contribution < 1.29 is 9.90 Å². The smallest absolute Gasteiger partial charge is 0.163 e. The molecule has 0 saturated carbocycles. The van der Waals surface area contributed by atoms with Crippen LogP contribution in [0.2, 0.25) is 5.02 Å². The Kier molecular flexibility index (Phi) is 5.73. The first-order chi connectivity index (χ1) is 10.2. The Morgan fingerprint density at radius 3 is 2.38 bits per heavy atom. The molecule has 21 heavy (non-hydrogen) atoms. The van der Waals surface area contributed by atoms with Crippen molar-refractivity contribution in [3.8, 4) is 0 Å². The molecule has 2 nitrogen and oxygen atoms in total. The Labute approximate surface area is 129 Å². The molecule has 0 bridgehead atoms. The van der Waals surface area contributed by atoms with Crippen LogP contribution >= 0.6 is 11.6 Å². The zero-order valence-electron chi connectivity index (χ0n) is 11.6. The molecule has 0 aliphatic heterocycles. The van der Waals surface area contributed by atoms with Crippen molar-refractivity contribution in [2.24, 2.45) is 5.92 Å². The summed E-state index contributed by atoms with van der Waals surface area (Å²) in [5.41, 5.74) is 1.67. The van der Waals surface area contributed by atoms with Crippen LogP contribution in [0.5, 0.6) is 0 Å². The van der Waals surface area contributed by atoms with Crippen molar-refractivity contribution in [1.82, 2.24) is 0 Å². The van der Waals surface area contributed by atoms with Crippen LogP contribution in [-0.4, -0.2) is 17.5 Å². The SMILES string of the molecule is O=C(C[C@@H](/C=C/c1ccc(Cl)cc1)CO)c1ccccc1. The third kappa shape index (κ3) is 4.85. The average molecular weight is 301 g/mol. The van der Waals surface area contributed by atoms with Crippen LogP contribution in [0, 0.1) is 5.92 Å². The normalized spacial score (nSPS) is 12.5. The van der Waals surface area contributed by atoms with Gasteiger partial charge in [0.05, 0.1) is 0 Å². The first-order valence-electron chi connectivity index (χ1n) is 6.82. The predicted molar refractivity (Wildman–Crippen MR) is 86.5 cm³/mol. The maximum atomic E-state index is 12.1. The predicted octanol–water partition coefficient (Wildman–Crippen LogP) is 4.23. The fourth-order valence-electron chi connectivity index (χ4n) is 1.99. The van der Waals surface area contributed by atoms with E-state index < -0.39 is 0 Å². The Balaban J connectivity index is 2.00. The van der Waals surface area contributed by atoms with Gasteiger partial charge in [-0.3, -0.25) is 4.79 Å². The number of rotatable bonds is 6. The first-order valence-corrected chi connectivity index (χ1v) is 7.19. The van der Waals surface area contributed by atoms with Gasteiger partial charge in [0.15, 0.2) is 5.78 Å². The topological polar surface area (TPSA) is 37.3 Å². The highest BCUT2D eigenvalue weighted by atomic mass is 35.5. The largest absolute Gasteiger partial charge is 0.396 e. The van der Waals surface area contributed by atoms with Crippen LogP contribution in [0.1, 0.15) is 22.3 Å². The number of benzene rings is 2. The van der Waals surface area contributed by atoms with E-state index in [0.717, 1.165) is 5.56 Å². The number of aliphatic hydroxyl groups is 1. The number of ketones is 1. The minimum atomic E-state index is -0.187. The number of Topliss-reactive ketones (excluding diaryl/α,β-unsaturated/α-hetero) is 1. The number of halogens is 1. The van der Waals surface area contributed by atoms with E-state index in [4.69, 9.17) is 11.6 Å². The zero-order chi connectivity index (χ0) is 15.1. The molecule has 2 rings (SSSR count). The molecule has 3 heteroatoms. The van der Waals surface area contributed by atoms with E-state index >= 15 is 0 Å². The molecule has 0 radical (unpaired) electrons. The van der Waals surface area contributed by atoms with E-state index in [1.807, 2.05) is 54.6 Å². The summed E-state index contributed by atoms with van der Waals surface area (Å²) in [5, 5.41) is 10.1. The van der Waals surface area contributed by atoms with Gasteiger partial charge in [-0.05, 0) is 17.7 Å². The zero-order valence-corrected chi connectivity index (χ0v) is 12.3. The second-order valence-electron chi connectivity index (χ2n) is 4.85. The maximum Gasteiger partial charge on any atom is 0.163 e. The molecular weight excluding hydrogens is 284 g/mol. The number of carbonyl (C=O) groups excluding carboxylic acids is 1. The molecule has 0 aliphatic rings. The molecule has 108 valence electrons. The van der Waals surface area contributed by atoms with Gasteiger partial charge in [0, 0.05) is 29.5 Å². The van der Waals surface area contributed by atoms with Crippen LogP contribution in [0.25, 0.3) is 6.08 Å². The van der Waals surface area contributed by atoms with Gasteiger partial charge in [0.1, 0.15) is 0 Å². The van der Waals surface area contributed by atoms with Crippen molar-refractivity contribution in [3.63, 3.8) is 0 Å². The summed E-state index contributed by atoms with van der Waals surface area (Å²) in [5.74, 6) is -0.149. The summed E-state index contributed by atoms with van der Waals surface area (Å²) < 4.78 is 0. The van der Waals surface area contributed by atoms with Gasteiger partial charge in [0.25, 0.3) is 0 Å². The van der Waals surface area contributed by atoms with Crippen molar-refractivity contribution in [2.75, 3.05) is 6.61 Å². The minimum Gasteiger partial charge on any atom is -0.396 e. The van der Waals surface area contributed by atoms with Crippen LogP contribution in [0.4, 0.5) is 0 Å². The van der Waals surface area contributed by atoms with Gasteiger partial charge in [-0.1, -0.05) is 66.2 Å². The van der Waals surface area contributed by atoms with E-state index in [2.05, 4.69) is 0 Å². The van der Waals surface area contributed by atoms with Gasteiger partial charge in [-0.2, -0.15) is 0 Å². The van der Waals surface area contributed by atoms with Crippen molar-refractivity contribution in [2.45, 2.75) is 6.42 Å². The summed E-state index contributed by atoms with van der Waals surface area (Å²) in [4.78, 5) is 12.1. The van der Waals surface area contributed by atoms with E-state index in [1.54, 1.807) is 12.1 Å². The van der Waals surface area contributed by atoms with E-state index in [9.17, 15) is 9.90 Å². The molecular formula is C18H17ClO2. The molecule has 1 N–H and O–H groups in total. The van der Waals surface area contributed by atoms with Crippen molar-refractivity contribution in [1.29, 1.82) is 0 Å². The monoisotopic (exact) mass is 300 g/mol. The number of carbonyl (C=O) groups is 1. The lowest BCUT2D eigenvalue weighted by molar-refractivity contribution is 0.0952. The van der Waals surface area contributed by atoms with Gasteiger partial charge in [-0.15, -0.1) is 0 Å². The summed E-state index contributed by atoms with van der Waals surface area (Å²) in [6.45, 7) is -0.0529. The van der Waals surface area contributed by atoms with Gasteiger partial charge in [-0.25, -0.2) is 0 Å². The molecule has 0 fully saturated rings. The van der Waals surface area contributed by atoms with Gasteiger partial charge < -0.3 is 5.11 Å². The Hall–Kier alpha value is -1.90. The number of aliphatic hydroxyl groups excluding tert-OH is 1. The molecule has 0 heterocycles. The molecule has 0 spiro atoms. The Bertz CT molecular complexity index is 603. The Morgan fingerprint density at radius 1 is 1.10 bits per heavy atom. The lowest BCUT2D eigenvalue weighted by Crippen LogP contribution is -2.10. The van der Waals surface area contributed by atoms with Crippen molar-refractivity contribution >= 4 is 23.5 Å². The number of hydrogen-bond donors (Lipinski definition) is 1. The highest BCUT2D eigenvalue weighted by Crippen LogP contribution is 2.15. The first kappa shape index (κ1) is 15.5. The molecule has 0 saturated heterocycles. The van der Waals surface area contributed by atoms with E-state index in [1.165, 1.54) is 0 Å². The van der Waals surface area contributed by atoms with Gasteiger partial charge >= 0.3 is 0 Å². The lowest BCUT2D eigenvalue weighted by Gasteiger charge is -2.08. The standard InChI is InChI=1S/C18H17ClO2/c19-17-10-8-14(9-11-17)6-7-15(13-20)12-18(21)16-4-2-1-3-5-16/h1-11,15,20H,12-13H2/b7-6+/t15-/m1/s1. The second kappa shape index (κ2) is 7.77. The molecule has 1 atom stereocenters. The lowest BCUT2D eigenvalue weighted by atomic mass is 9.98.